The number of aromatic nitrogens is 3. The predicted molar refractivity (Wildman–Crippen MR) is 113 cm³/mol. The first-order valence-electron chi connectivity index (χ1n) is 8.34. The number of nitrogens with one attached hydrogen (secondary N) is 2. The molecule has 12 heteroatoms. The molecule has 2 aromatic heterocycles. The molecule has 0 fully saturated rings. The van der Waals surface area contributed by atoms with Crippen LogP contribution in [0.2, 0.25) is 0 Å². The maximum absolute atomic E-state index is 14.0. The second-order valence-electron chi connectivity index (χ2n) is 5.57. The number of hydrogen-bond donors (Lipinski definition) is 4. The van der Waals surface area contributed by atoms with Crippen molar-refractivity contribution in [3.05, 3.63) is 54.4 Å². The van der Waals surface area contributed by atoms with E-state index in [2.05, 4.69) is 30.6 Å². The number of aliphatic imine (C=N–C) groups is 1. The van der Waals surface area contributed by atoms with Gasteiger partial charge in [-0.3, -0.25) is 24.5 Å². The number of amides is 2. The van der Waals surface area contributed by atoms with Gasteiger partial charge < -0.3 is 22.1 Å². The molecule has 0 saturated carbocycles. The lowest BCUT2D eigenvalue weighted by molar-refractivity contribution is -0.114. The fourth-order valence-electron chi connectivity index (χ4n) is 2.22. The van der Waals surface area contributed by atoms with Crippen molar-refractivity contribution in [2.75, 3.05) is 23.6 Å². The number of carbonyl (C=O) groups excluding carboxylic acids is 2. The maximum Gasteiger partial charge on any atom is 0.259 e. The van der Waals surface area contributed by atoms with Crippen LogP contribution >= 0.6 is 11.6 Å². The lowest BCUT2D eigenvalue weighted by Crippen LogP contribution is -2.18. The van der Waals surface area contributed by atoms with Gasteiger partial charge in [-0.25, -0.2) is 4.98 Å². The van der Waals surface area contributed by atoms with E-state index in [1.54, 1.807) is 7.05 Å². The highest BCUT2D eigenvalue weighted by atomic mass is 35.5. The molecule has 0 aliphatic carbocycles. The molecule has 0 saturated heterocycles. The number of nitrogens with two attached hydrogens (primary N) is 2. The summed E-state index contributed by atoms with van der Waals surface area (Å²) in [7, 11) is 1.58. The van der Waals surface area contributed by atoms with E-state index in [4.69, 9.17) is 23.1 Å². The Balaban J connectivity index is 2.23. The Kier molecular flexibility index (Phi) is 7.94. The first-order chi connectivity index (χ1) is 14.4. The van der Waals surface area contributed by atoms with E-state index in [1.165, 1.54) is 30.9 Å². The maximum atomic E-state index is 14.0. The van der Waals surface area contributed by atoms with Gasteiger partial charge in [0.15, 0.2) is 0 Å². The van der Waals surface area contributed by atoms with Gasteiger partial charge in [0.05, 0.1) is 46.9 Å². The highest BCUT2D eigenvalue weighted by molar-refractivity contribution is 6.29. The van der Waals surface area contributed by atoms with Gasteiger partial charge in [-0.05, 0) is 6.07 Å². The van der Waals surface area contributed by atoms with Crippen LogP contribution in [0.1, 0.15) is 11.4 Å². The highest BCUT2D eigenvalue weighted by Crippen LogP contribution is 2.20. The third-order valence-corrected chi connectivity index (χ3v) is 3.82. The molecule has 0 spiro atoms. The van der Waals surface area contributed by atoms with Crippen molar-refractivity contribution in [3.63, 3.8) is 0 Å². The molecular formula is C18H18ClFN8O2. The van der Waals surface area contributed by atoms with Crippen LogP contribution in [0, 0.1) is 5.95 Å². The SMILES string of the molecule is CN=C/C(=C\N)c1cnc(/C(=C\N)C(=O)Nc2cc(NC(=O)CCl)cnc2F)cn1. The molecule has 0 aliphatic heterocycles. The minimum absolute atomic E-state index is 0.0638. The van der Waals surface area contributed by atoms with Crippen LogP contribution < -0.4 is 22.1 Å². The first kappa shape index (κ1) is 22.4. The third-order valence-electron chi connectivity index (χ3n) is 3.57. The largest absolute Gasteiger partial charge is 0.404 e. The summed E-state index contributed by atoms with van der Waals surface area (Å²) < 4.78 is 14.0. The number of hydrogen-bond acceptors (Lipinski definition) is 8. The summed E-state index contributed by atoms with van der Waals surface area (Å²) in [5.41, 5.74) is 12.0. The molecule has 0 aliphatic rings. The Hall–Kier alpha value is -3.86. The van der Waals surface area contributed by atoms with Crippen LogP contribution in [0.4, 0.5) is 15.8 Å². The Bertz CT molecular complexity index is 1020. The lowest BCUT2D eigenvalue weighted by Gasteiger charge is -2.10. The number of rotatable bonds is 7. The second kappa shape index (κ2) is 10.6. The smallest absolute Gasteiger partial charge is 0.259 e. The zero-order valence-electron chi connectivity index (χ0n) is 15.8. The summed E-state index contributed by atoms with van der Waals surface area (Å²) in [6, 6.07) is 1.19. The summed E-state index contributed by atoms with van der Waals surface area (Å²) in [4.78, 5) is 39.6. The van der Waals surface area contributed by atoms with Crippen LogP contribution in [0.15, 0.2) is 42.0 Å². The van der Waals surface area contributed by atoms with Gasteiger partial charge in [-0.15, -0.1) is 11.6 Å². The summed E-state index contributed by atoms with van der Waals surface area (Å²) in [6.45, 7) is 0. The molecule has 6 N–H and O–H groups in total. The zero-order chi connectivity index (χ0) is 22.1. The second-order valence-corrected chi connectivity index (χ2v) is 5.84. The summed E-state index contributed by atoms with van der Waals surface area (Å²) in [6.07, 6.45) is 7.61. The van der Waals surface area contributed by atoms with Gasteiger partial charge in [-0.2, -0.15) is 4.39 Å². The first-order valence-corrected chi connectivity index (χ1v) is 8.88. The molecule has 2 aromatic rings. The molecule has 2 rings (SSSR count). The monoisotopic (exact) mass is 432 g/mol. The molecule has 2 amide bonds. The van der Waals surface area contributed by atoms with E-state index in [0.29, 0.717) is 11.3 Å². The molecule has 0 radical (unpaired) electrons. The number of anilines is 2. The molecule has 10 nitrogen and oxygen atoms in total. The Labute approximate surface area is 176 Å². The van der Waals surface area contributed by atoms with E-state index in [1.807, 2.05) is 0 Å². The van der Waals surface area contributed by atoms with Gasteiger partial charge in [-0.1, -0.05) is 0 Å². The van der Waals surface area contributed by atoms with E-state index in [0.717, 1.165) is 12.4 Å². The fraction of sp³-hybridized carbons (Fsp3) is 0.111. The van der Waals surface area contributed by atoms with Gasteiger partial charge in [0.25, 0.3) is 5.91 Å². The van der Waals surface area contributed by atoms with Crippen molar-refractivity contribution in [3.8, 4) is 0 Å². The van der Waals surface area contributed by atoms with Crippen molar-refractivity contribution in [2.45, 2.75) is 0 Å². The van der Waals surface area contributed by atoms with Crippen LogP contribution in [0.5, 0.6) is 0 Å². The van der Waals surface area contributed by atoms with Gasteiger partial charge in [0.2, 0.25) is 11.9 Å². The summed E-state index contributed by atoms with van der Waals surface area (Å²) in [5.74, 6) is -2.52. The van der Waals surface area contributed by atoms with Gasteiger partial charge in [0, 0.05) is 31.2 Å². The van der Waals surface area contributed by atoms with E-state index >= 15 is 0 Å². The van der Waals surface area contributed by atoms with Crippen LogP contribution in [-0.4, -0.2) is 45.9 Å². The number of nitrogens with zero attached hydrogens (tertiary/aromatic N) is 4. The van der Waals surface area contributed by atoms with E-state index < -0.39 is 17.8 Å². The number of allylic oxidation sites excluding steroid dienone is 1. The number of alkyl halides is 1. The van der Waals surface area contributed by atoms with Crippen LogP contribution in [-0.2, 0) is 9.59 Å². The minimum Gasteiger partial charge on any atom is -0.404 e. The third kappa shape index (κ3) is 5.58. The average molecular weight is 433 g/mol. The van der Waals surface area contributed by atoms with Crippen molar-refractivity contribution < 1.29 is 14.0 Å². The van der Waals surface area contributed by atoms with E-state index in [9.17, 15) is 14.0 Å². The molecule has 156 valence electrons. The molecule has 0 aromatic carbocycles. The zero-order valence-corrected chi connectivity index (χ0v) is 16.5. The Morgan fingerprint density at radius 2 is 1.83 bits per heavy atom. The van der Waals surface area contributed by atoms with Crippen LogP contribution in [0.3, 0.4) is 0 Å². The quantitative estimate of drug-likeness (QED) is 0.220. The molecule has 0 atom stereocenters. The lowest BCUT2D eigenvalue weighted by atomic mass is 10.1. The van der Waals surface area contributed by atoms with Crippen molar-refractivity contribution in [2.24, 2.45) is 16.5 Å². The fourth-order valence-corrected chi connectivity index (χ4v) is 2.28. The van der Waals surface area contributed by atoms with E-state index in [-0.39, 0.29) is 28.5 Å². The number of halogens is 2. The van der Waals surface area contributed by atoms with Crippen molar-refractivity contribution >= 4 is 52.2 Å². The van der Waals surface area contributed by atoms with Crippen molar-refractivity contribution in [1.29, 1.82) is 0 Å². The predicted octanol–water partition coefficient (Wildman–Crippen LogP) is 1.13. The molecular weight excluding hydrogens is 415 g/mol. The topological polar surface area (TPSA) is 161 Å². The standard InChI is InChI=1S/C18H18ClFN8O2/c1-23-6-10(4-21)14-8-25-15(9-24-14)12(5-22)18(30)28-13-2-11(7-26-17(13)20)27-16(29)3-19/h2,4-9H,3,21-22H2,1H3,(H,27,29)(H,28,30)/b10-4+,12-5+,23-6?. The summed E-state index contributed by atoms with van der Waals surface area (Å²) >= 11 is 5.41. The number of pyridine rings is 1. The highest BCUT2D eigenvalue weighted by Gasteiger charge is 2.17. The molecule has 30 heavy (non-hydrogen) atoms. The normalized spacial score (nSPS) is 12.1. The number of carbonyl (C=O) groups is 2. The Morgan fingerprint density at radius 1 is 1.13 bits per heavy atom. The molecule has 0 bridgehead atoms. The van der Waals surface area contributed by atoms with Gasteiger partial charge >= 0.3 is 0 Å². The Morgan fingerprint density at radius 3 is 2.40 bits per heavy atom. The van der Waals surface area contributed by atoms with Crippen molar-refractivity contribution in [1.82, 2.24) is 15.0 Å². The minimum atomic E-state index is -0.957. The molecule has 2 heterocycles. The molecule has 0 unspecified atom stereocenters. The van der Waals surface area contributed by atoms with Crippen LogP contribution in [0.25, 0.3) is 11.1 Å². The van der Waals surface area contributed by atoms with Gasteiger partial charge in [0.1, 0.15) is 5.88 Å². The summed E-state index contributed by atoms with van der Waals surface area (Å²) in [5, 5.41) is 4.73. The average Bonchev–Trinajstić information content (AvgIpc) is 2.75.